The van der Waals surface area contributed by atoms with Crippen LogP contribution in [-0.4, -0.2) is 49.4 Å². The largest absolute Gasteiger partial charge is 0.484 e. The van der Waals surface area contributed by atoms with E-state index in [0.717, 1.165) is 37.9 Å². The SMILES string of the molecule is O=C(COc1ccc2c(c1)CCCC2)N1CCS(=O)(=O)C2(CCCCC2)C1. The van der Waals surface area contributed by atoms with E-state index in [2.05, 4.69) is 12.1 Å². The second-order valence-electron chi connectivity index (χ2n) is 8.30. The molecule has 4 rings (SSSR count). The number of ether oxygens (including phenoxy) is 1. The Labute approximate surface area is 162 Å². The molecule has 1 aromatic rings. The zero-order valence-corrected chi connectivity index (χ0v) is 16.7. The van der Waals surface area contributed by atoms with Crippen molar-refractivity contribution in [2.75, 3.05) is 25.4 Å². The third-order valence-electron chi connectivity index (χ3n) is 6.57. The van der Waals surface area contributed by atoms with Crippen molar-refractivity contribution >= 4 is 15.7 Å². The lowest BCUT2D eigenvalue weighted by molar-refractivity contribution is -0.134. The van der Waals surface area contributed by atoms with Gasteiger partial charge in [-0.05, 0) is 61.8 Å². The van der Waals surface area contributed by atoms with Crippen LogP contribution >= 0.6 is 0 Å². The second-order valence-corrected chi connectivity index (χ2v) is 10.8. The summed E-state index contributed by atoms with van der Waals surface area (Å²) in [7, 11) is -3.12. The van der Waals surface area contributed by atoms with Crippen LogP contribution in [-0.2, 0) is 27.5 Å². The monoisotopic (exact) mass is 391 g/mol. The van der Waals surface area contributed by atoms with Crippen molar-refractivity contribution < 1.29 is 17.9 Å². The Bertz CT molecular complexity index is 811. The van der Waals surface area contributed by atoms with Gasteiger partial charge in [0, 0.05) is 13.1 Å². The van der Waals surface area contributed by atoms with Gasteiger partial charge in [-0.1, -0.05) is 25.3 Å². The Morgan fingerprint density at radius 2 is 1.78 bits per heavy atom. The molecule has 1 aliphatic heterocycles. The summed E-state index contributed by atoms with van der Waals surface area (Å²) in [6.07, 6.45) is 8.99. The van der Waals surface area contributed by atoms with Gasteiger partial charge >= 0.3 is 0 Å². The normalized spacial score (nSPS) is 23.6. The van der Waals surface area contributed by atoms with Crippen LogP contribution in [0.3, 0.4) is 0 Å². The highest BCUT2D eigenvalue weighted by molar-refractivity contribution is 7.92. The van der Waals surface area contributed by atoms with E-state index in [1.807, 2.05) is 6.07 Å². The number of benzene rings is 1. The highest BCUT2D eigenvalue weighted by Crippen LogP contribution is 2.38. The fourth-order valence-corrected chi connectivity index (χ4v) is 7.04. The fraction of sp³-hybridized carbons (Fsp3) is 0.667. The fourth-order valence-electron chi connectivity index (χ4n) is 4.89. The highest BCUT2D eigenvalue weighted by Gasteiger charge is 2.49. The molecule has 1 saturated carbocycles. The van der Waals surface area contributed by atoms with E-state index in [0.29, 0.717) is 19.4 Å². The molecule has 0 aromatic heterocycles. The Balaban J connectivity index is 1.40. The maximum Gasteiger partial charge on any atom is 0.260 e. The molecule has 0 unspecified atom stereocenters. The molecule has 0 atom stereocenters. The summed E-state index contributed by atoms with van der Waals surface area (Å²) in [5.74, 6) is 0.714. The van der Waals surface area contributed by atoms with Crippen LogP contribution in [0.4, 0.5) is 0 Å². The molecule has 5 nitrogen and oxygen atoms in total. The van der Waals surface area contributed by atoms with Crippen molar-refractivity contribution in [2.45, 2.75) is 62.5 Å². The third-order valence-corrected chi connectivity index (χ3v) is 9.15. The Hall–Kier alpha value is -1.56. The van der Waals surface area contributed by atoms with Gasteiger partial charge in [0.25, 0.3) is 5.91 Å². The highest BCUT2D eigenvalue weighted by atomic mass is 32.2. The van der Waals surface area contributed by atoms with Gasteiger partial charge in [-0.2, -0.15) is 0 Å². The summed E-state index contributed by atoms with van der Waals surface area (Å²) in [6, 6.07) is 6.12. The summed E-state index contributed by atoms with van der Waals surface area (Å²) in [4.78, 5) is 14.4. The zero-order chi connectivity index (χ0) is 18.9. The predicted octanol–water partition coefficient (Wildman–Crippen LogP) is 2.90. The lowest BCUT2D eigenvalue weighted by Crippen LogP contribution is -2.59. The molecular formula is C21H29NO4S. The van der Waals surface area contributed by atoms with E-state index in [1.54, 1.807) is 4.90 Å². The number of amides is 1. The minimum absolute atomic E-state index is 0.0189. The molecule has 27 heavy (non-hydrogen) atoms. The molecule has 6 heteroatoms. The van der Waals surface area contributed by atoms with Gasteiger partial charge in [0.2, 0.25) is 0 Å². The molecule has 1 aromatic carbocycles. The lowest BCUT2D eigenvalue weighted by Gasteiger charge is -2.44. The van der Waals surface area contributed by atoms with Crippen LogP contribution in [0.2, 0.25) is 0 Å². The van der Waals surface area contributed by atoms with Crippen molar-refractivity contribution in [1.29, 1.82) is 0 Å². The number of hydrogen-bond acceptors (Lipinski definition) is 4. The number of rotatable bonds is 3. The molecule has 148 valence electrons. The molecule has 1 heterocycles. The van der Waals surface area contributed by atoms with E-state index in [1.165, 1.54) is 24.0 Å². The van der Waals surface area contributed by atoms with Crippen molar-refractivity contribution in [3.05, 3.63) is 29.3 Å². The average molecular weight is 392 g/mol. The van der Waals surface area contributed by atoms with E-state index in [-0.39, 0.29) is 24.8 Å². The number of sulfone groups is 1. The number of fused-ring (bicyclic) bond motifs is 1. The third kappa shape index (κ3) is 3.73. The van der Waals surface area contributed by atoms with E-state index >= 15 is 0 Å². The van der Waals surface area contributed by atoms with Crippen LogP contribution in [0.1, 0.15) is 56.1 Å². The van der Waals surface area contributed by atoms with E-state index in [9.17, 15) is 13.2 Å². The molecule has 3 aliphatic rings. The molecule has 1 amide bonds. The molecule has 1 spiro atoms. The minimum atomic E-state index is -3.12. The van der Waals surface area contributed by atoms with Gasteiger partial charge in [-0.15, -0.1) is 0 Å². The Kier molecular flexibility index (Phi) is 5.19. The number of nitrogens with zero attached hydrogens (tertiary/aromatic N) is 1. The van der Waals surface area contributed by atoms with Gasteiger partial charge in [0.15, 0.2) is 16.4 Å². The van der Waals surface area contributed by atoms with Gasteiger partial charge in [0.05, 0.1) is 10.5 Å². The number of carbonyl (C=O) groups excluding carboxylic acids is 1. The summed E-state index contributed by atoms with van der Waals surface area (Å²) in [5.41, 5.74) is 2.72. The first kappa shape index (κ1) is 18.8. The maximum absolute atomic E-state index is 12.7. The zero-order valence-electron chi connectivity index (χ0n) is 15.9. The van der Waals surface area contributed by atoms with Crippen LogP contribution in [0, 0.1) is 0 Å². The van der Waals surface area contributed by atoms with E-state index < -0.39 is 14.6 Å². The van der Waals surface area contributed by atoms with Crippen LogP contribution in [0.5, 0.6) is 5.75 Å². The van der Waals surface area contributed by atoms with Gasteiger partial charge < -0.3 is 9.64 Å². The Morgan fingerprint density at radius 3 is 2.56 bits per heavy atom. The topological polar surface area (TPSA) is 63.7 Å². The van der Waals surface area contributed by atoms with Crippen molar-refractivity contribution in [3.63, 3.8) is 0 Å². The second kappa shape index (κ2) is 7.46. The standard InChI is InChI=1S/C21H29NO4S/c23-20(15-26-19-9-8-17-6-2-3-7-18(17)14-19)22-12-13-27(24,25)21(16-22)10-4-1-5-11-21/h8-9,14H,1-7,10-13,15-16H2. The van der Waals surface area contributed by atoms with Crippen molar-refractivity contribution in [2.24, 2.45) is 0 Å². The van der Waals surface area contributed by atoms with Crippen LogP contribution in [0.15, 0.2) is 18.2 Å². The smallest absolute Gasteiger partial charge is 0.260 e. The molecule has 1 saturated heterocycles. The molecule has 2 fully saturated rings. The van der Waals surface area contributed by atoms with Crippen LogP contribution in [0.25, 0.3) is 0 Å². The summed E-state index contributed by atoms with van der Waals surface area (Å²) < 4.78 is 30.4. The summed E-state index contributed by atoms with van der Waals surface area (Å²) in [6.45, 7) is 0.604. The van der Waals surface area contributed by atoms with Crippen molar-refractivity contribution in [3.8, 4) is 5.75 Å². The van der Waals surface area contributed by atoms with Gasteiger partial charge in [0.1, 0.15) is 5.75 Å². The molecule has 2 aliphatic carbocycles. The minimum Gasteiger partial charge on any atom is -0.484 e. The number of hydrogen-bond donors (Lipinski definition) is 0. The maximum atomic E-state index is 12.7. The quantitative estimate of drug-likeness (QED) is 0.795. The van der Waals surface area contributed by atoms with Crippen LogP contribution < -0.4 is 4.74 Å². The number of carbonyl (C=O) groups is 1. The van der Waals surface area contributed by atoms with Gasteiger partial charge in [-0.25, -0.2) is 8.42 Å². The Morgan fingerprint density at radius 1 is 1.04 bits per heavy atom. The molecule has 0 radical (unpaired) electrons. The number of aryl methyl sites for hydroxylation is 2. The van der Waals surface area contributed by atoms with E-state index in [4.69, 9.17) is 4.74 Å². The van der Waals surface area contributed by atoms with Crippen molar-refractivity contribution in [1.82, 2.24) is 4.90 Å². The molecule has 0 N–H and O–H groups in total. The van der Waals surface area contributed by atoms with Gasteiger partial charge in [-0.3, -0.25) is 4.79 Å². The molecule has 0 bridgehead atoms. The summed E-state index contributed by atoms with van der Waals surface area (Å²) >= 11 is 0. The molecular weight excluding hydrogens is 362 g/mol. The average Bonchev–Trinajstić information content (AvgIpc) is 2.69. The predicted molar refractivity (Wildman–Crippen MR) is 105 cm³/mol. The lowest BCUT2D eigenvalue weighted by atomic mass is 9.87. The first-order valence-corrected chi connectivity index (χ1v) is 11.9. The summed E-state index contributed by atoms with van der Waals surface area (Å²) in [5, 5.41) is 0. The first-order chi connectivity index (χ1) is 13.0. The first-order valence-electron chi connectivity index (χ1n) is 10.2.